The molecule has 0 fully saturated rings. The Kier molecular flexibility index (Phi) is 5.57. The van der Waals surface area contributed by atoms with Crippen LogP contribution in [0.1, 0.15) is 37.8 Å². The topological polar surface area (TPSA) is 52.9 Å². The summed E-state index contributed by atoms with van der Waals surface area (Å²) < 4.78 is 0. The molecule has 1 aromatic carbocycles. The minimum absolute atomic E-state index is 0.0848. The lowest BCUT2D eigenvalue weighted by atomic mass is 9.90. The number of benzene rings is 1. The minimum Gasteiger partial charge on any atom is -0.325 e. The van der Waals surface area contributed by atoms with Gasteiger partial charge in [0.2, 0.25) is 5.91 Å². The van der Waals surface area contributed by atoms with Crippen molar-refractivity contribution >= 4 is 11.6 Å². The maximum Gasteiger partial charge on any atom is 0.242 e. The van der Waals surface area contributed by atoms with Crippen LogP contribution in [-0.4, -0.2) is 5.91 Å². The van der Waals surface area contributed by atoms with Crippen molar-refractivity contribution in [2.24, 2.45) is 11.8 Å². The summed E-state index contributed by atoms with van der Waals surface area (Å²) in [6.07, 6.45) is 1.87. The van der Waals surface area contributed by atoms with Crippen molar-refractivity contribution in [3.63, 3.8) is 0 Å². The Hall–Kier alpha value is -1.82. The van der Waals surface area contributed by atoms with Crippen molar-refractivity contribution in [1.29, 1.82) is 5.26 Å². The summed E-state index contributed by atoms with van der Waals surface area (Å²) in [4.78, 5) is 12.1. The summed E-state index contributed by atoms with van der Waals surface area (Å²) >= 11 is 0. The van der Waals surface area contributed by atoms with Crippen molar-refractivity contribution in [3.8, 4) is 6.07 Å². The van der Waals surface area contributed by atoms with Gasteiger partial charge in [0.15, 0.2) is 0 Å². The molecule has 0 aliphatic carbocycles. The highest BCUT2D eigenvalue weighted by atomic mass is 16.1. The maximum atomic E-state index is 12.1. The second-order valence-corrected chi connectivity index (χ2v) is 5.16. The number of nitrogens with zero attached hydrogens (tertiary/aromatic N) is 1. The fourth-order valence-electron chi connectivity index (χ4n) is 2.11. The maximum absolute atomic E-state index is 12.1. The van der Waals surface area contributed by atoms with E-state index in [0.717, 1.165) is 24.1 Å². The molecule has 0 aliphatic heterocycles. The third-order valence-electron chi connectivity index (χ3n) is 3.51. The van der Waals surface area contributed by atoms with Crippen LogP contribution in [0.2, 0.25) is 0 Å². The van der Waals surface area contributed by atoms with Gasteiger partial charge in [0.25, 0.3) is 0 Å². The van der Waals surface area contributed by atoms with Gasteiger partial charge in [-0.2, -0.15) is 5.26 Å². The van der Waals surface area contributed by atoms with Gasteiger partial charge in [-0.25, -0.2) is 0 Å². The normalized spacial score (nSPS) is 13.4. The molecule has 0 saturated carbocycles. The first-order chi connectivity index (χ1) is 8.99. The SMILES string of the molecule is CCCC(C)C(C#N)C(=O)Nc1ccc(C)c(C)c1. The molecule has 1 rings (SSSR count). The van der Waals surface area contributed by atoms with Gasteiger partial charge in [0.1, 0.15) is 5.92 Å². The lowest BCUT2D eigenvalue weighted by Gasteiger charge is -2.17. The number of carbonyl (C=O) groups excluding carboxylic acids is 1. The van der Waals surface area contributed by atoms with Gasteiger partial charge in [0, 0.05) is 5.69 Å². The molecule has 1 aromatic rings. The number of nitrogens with one attached hydrogen (secondary N) is 1. The summed E-state index contributed by atoms with van der Waals surface area (Å²) in [7, 11) is 0. The molecule has 1 amide bonds. The first-order valence-electron chi connectivity index (χ1n) is 6.77. The van der Waals surface area contributed by atoms with Crippen LogP contribution in [0.5, 0.6) is 0 Å². The van der Waals surface area contributed by atoms with E-state index in [1.165, 1.54) is 5.56 Å². The van der Waals surface area contributed by atoms with Gasteiger partial charge in [-0.3, -0.25) is 4.79 Å². The fraction of sp³-hybridized carbons (Fsp3) is 0.500. The summed E-state index contributed by atoms with van der Waals surface area (Å²) in [6.45, 7) is 8.05. The fourth-order valence-corrected chi connectivity index (χ4v) is 2.11. The Bertz CT molecular complexity index is 488. The molecule has 2 unspecified atom stereocenters. The first kappa shape index (κ1) is 15.2. The molecular formula is C16H22N2O. The van der Waals surface area contributed by atoms with E-state index in [1.54, 1.807) is 0 Å². The highest BCUT2D eigenvalue weighted by Crippen LogP contribution is 2.20. The number of hydrogen-bond acceptors (Lipinski definition) is 2. The molecule has 3 heteroatoms. The van der Waals surface area contributed by atoms with Crippen LogP contribution in [0.4, 0.5) is 5.69 Å². The minimum atomic E-state index is -0.582. The Balaban J connectivity index is 2.77. The Morgan fingerprint density at radius 3 is 2.58 bits per heavy atom. The predicted molar refractivity (Wildman–Crippen MR) is 77.7 cm³/mol. The standard InChI is InChI=1S/C16H22N2O/c1-5-6-12(3)15(10-17)16(19)18-14-8-7-11(2)13(4)9-14/h7-9,12,15H,5-6H2,1-4H3,(H,18,19). The zero-order chi connectivity index (χ0) is 14.4. The number of amides is 1. The van der Waals surface area contributed by atoms with Crippen LogP contribution in [0.25, 0.3) is 0 Å². The van der Waals surface area contributed by atoms with Gasteiger partial charge >= 0.3 is 0 Å². The van der Waals surface area contributed by atoms with Gasteiger partial charge < -0.3 is 5.32 Å². The van der Waals surface area contributed by atoms with Crippen molar-refractivity contribution in [2.45, 2.75) is 40.5 Å². The van der Waals surface area contributed by atoms with Crippen LogP contribution in [0.3, 0.4) is 0 Å². The number of nitriles is 1. The van der Waals surface area contributed by atoms with Crippen molar-refractivity contribution in [2.75, 3.05) is 5.32 Å². The highest BCUT2D eigenvalue weighted by molar-refractivity contribution is 5.94. The quantitative estimate of drug-likeness (QED) is 0.873. The molecule has 102 valence electrons. The molecular weight excluding hydrogens is 236 g/mol. The Labute approximate surface area is 115 Å². The smallest absolute Gasteiger partial charge is 0.242 e. The predicted octanol–water partition coefficient (Wildman–Crippen LogP) is 3.82. The molecule has 0 bridgehead atoms. The molecule has 0 aromatic heterocycles. The summed E-state index contributed by atoms with van der Waals surface area (Å²) in [5, 5.41) is 12.0. The number of aryl methyl sites for hydroxylation is 2. The second kappa shape index (κ2) is 6.94. The van der Waals surface area contributed by atoms with Crippen LogP contribution >= 0.6 is 0 Å². The molecule has 0 saturated heterocycles. The van der Waals surface area contributed by atoms with Gasteiger partial charge in [-0.05, 0) is 49.4 Å². The molecule has 3 nitrogen and oxygen atoms in total. The van der Waals surface area contributed by atoms with E-state index in [0.29, 0.717) is 0 Å². The highest BCUT2D eigenvalue weighted by Gasteiger charge is 2.24. The second-order valence-electron chi connectivity index (χ2n) is 5.16. The van der Waals surface area contributed by atoms with Crippen LogP contribution in [0, 0.1) is 37.0 Å². The third-order valence-corrected chi connectivity index (χ3v) is 3.51. The van der Waals surface area contributed by atoms with Crippen molar-refractivity contribution in [3.05, 3.63) is 29.3 Å². The lowest BCUT2D eigenvalue weighted by molar-refractivity contribution is -0.119. The summed E-state index contributed by atoms with van der Waals surface area (Å²) in [5.74, 6) is -0.699. The molecule has 0 aliphatic rings. The lowest BCUT2D eigenvalue weighted by Crippen LogP contribution is -2.27. The van der Waals surface area contributed by atoms with E-state index in [1.807, 2.05) is 39.0 Å². The zero-order valence-corrected chi connectivity index (χ0v) is 12.2. The zero-order valence-electron chi connectivity index (χ0n) is 12.2. The largest absolute Gasteiger partial charge is 0.325 e. The molecule has 0 heterocycles. The van der Waals surface area contributed by atoms with Gasteiger partial charge in [-0.1, -0.05) is 26.3 Å². The average Bonchev–Trinajstić information content (AvgIpc) is 2.35. The van der Waals surface area contributed by atoms with E-state index < -0.39 is 5.92 Å². The monoisotopic (exact) mass is 258 g/mol. The molecule has 1 N–H and O–H groups in total. The van der Waals surface area contributed by atoms with E-state index in [-0.39, 0.29) is 11.8 Å². The van der Waals surface area contributed by atoms with Crippen molar-refractivity contribution < 1.29 is 4.79 Å². The summed E-state index contributed by atoms with van der Waals surface area (Å²) in [6, 6.07) is 7.91. The van der Waals surface area contributed by atoms with E-state index in [2.05, 4.69) is 18.3 Å². The number of carbonyl (C=O) groups is 1. The molecule has 2 atom stereocenters. The molecule has 0 spiro atoms. The van der Waals surface area contributed by atoms with Crippen LogP contribution < -0.4 is 5.32 Å². The number of rotatable bonds is 5. The van der Waals surface area contributed by atoms with Crippen LogP contribution in [0.15, 0.2) is 18.2 Å². The van der Waals surface area contributed by atoms with E-state index in [4.69, 9.17) is 5.26 Å². The molecule has 19 heavy (non-hydrogen) atoms. The first-order valence-corrected chi connectivity index (χ1v) is 6.77. The Morgan fingerprint density at radius 2 is 2.05 bits per heavy atom. The average molecular weight is 258 g/mol. The van der Waals surface area contributed by atoms with E-state index >= 15 is 0 Å². The summed E-state index contributed by atoms with van der Waals surface area (Å²) in [5.41, 5.74) is 3.08. The number of anilines is 1. The van der Waals surface area contributed by atoms with Gasteiger partial charge in [-0.15, -0.1) is 0 Å². The van der Waals surface area contributed by atoms with Crippen molar-refractivity contribution in [1.82, 2.24) is 0 Å². The van der Waals surface area contributed by atoms with E-state index in [9.17, 15) is 4.79 Å². The third kappa shape index (κ3) is 4.10. The Morgan fingerprint density at radius 1 is 1.37 bits per heavy atom. The van der Waals surface area contributed by atoms with Crippen LogP contribution in [-0.2, 0) is 4.79 Å². The molecule has 0 radical (unpaired) electrons. The number of hydrogen-bond donors (Lipinski definition) is 1. The van der Waals surface area contributed by atoms with Gasteiger partial charge in [0.05, 0.1) is 6.07 Å².